The van der Waals surface area contributed by atoms with Crippen LogP contribution in [0.1, 0.15) is 64.7 Å². The first-order valence-electron chi connectivity index (χ1n) is 7.52. The Morgan fingerprint density at radius 1 is 1.22 bits per heavy atom. The number of carbonyl (C=O) groups excluding carboxylic acids is 1. The highest BCUT2D eigenvalue weighted by Gasteiger charge is 2.43. The van der Waals surface area contributed by atoms with Crippen molar-refractivity contribution in [2.75, 3.05) is 7.05 Å². The predicted molar refractivity (Wildman–Crippen MR) is 78.9 cm³/mol. The molecule has 0 heterocycles. The number of carbonyl (C=O) groups is 1. The Morgan fingerprint density at radius 3 is 2.39 bits per heavy atom. The second-order valence-corrected chi connectivity index (χ2v) is 7.30. The Hall–Kier alpha value is -0.0500. The van der Waals surface area contributed by atoms with Gasteiger partial charge in [0, 0.05) is 23.3 Å². The number of halogens is 1. The largest absolute Gasteiger partial charge is 0.341 e. The normalized spacial score (nSPS) is 31.3. The number of nitrogens with zero attached hydrogens (tertiary/aromatic N) is 1. The molecular formula is C15H26BrNO. The summed E-state index contributed by atoms with van der Waals surface area (Å²) in [5, 5.41) is 0. The fourth-order valence-corrected chi connectivity index (χ4v) is 4.74. The van der Waals surface area contributed by atoms with E-state index in [-0.39, 0.29) is 5.41 Å². The van der Waals surface area contributed by atoms with Crippen molar-refractivity contribution in [1.29, 1.82) is 0 Å². The van der Waals surface area contributed by atoms with E-state index < -0.39 is 0 Å². The van der Waals surface area contributed by atoms with Gasteiger partial charge in [0.05, 0.1) is 0 Å². The van der Waals surface area contributed by atoms with Crippen LogP contribution in [0, 0.1) is 5.41 Å². The lowest BCUT2D eigenvalue weighted by atomic mass is 9.81. The summed E-state index contributed by atoms with van der Waals surface area (Å²) in [7, 11) is 2.03. The molecule has 0 N–H and O–H groups in total. The predicted octanol–water partition coefficient (Wildman–Crippen LogP) is 4.12. The molecule has 0 radical (unpaired) electrons. The topological polar surface area (TPSA) is 20.3 Å². The standard InChI is InChI=1S/C15H26BrNO/c1-3-15(10-6-7-11-15)14(18)17(2)13-9-5-4-8-12(13)16/h12-13H,3-11H2,1-2H3. The lowest BCUT2D eigenvalue weighted by molar-refractivity contribution is -0.143. The van der Waals surface area contributed by atoms with Gasteiger partial charge < -0.3 is 4.90 Å². The van der Waals surface area contributed by atoms with E-state index in [0.29, 0.717) is 16.8 Å². The highest BCUT2D eigenvalue weighted by atomic mass is 79.9. The molecule has 1 amide bonds. The van der Waals surface area contributed by atoms with Crippen LogP contribution in [-0.2, 0) is 4.79 Å². The lowest BCUT2D eigenvalue weighted by Crippen LogP contribution is -2.49. The first-order valence-corrected chi connectivity index (χ1v) is 8.43. The maximum Gasteiger partial charge on any atom is 0.228 e. The Bertz CT molecular complexity index is 299. The highest BCUT2D eigenvalue weighted by molar-refractivity contribution is 9.09. The number of alkyl halides is 1. The molecule has 2 saturated carbocycles. The molecule has 104 valence electrons. The zero-order chi connectivity index (χ0) is 13.2. The van der Waals surface area contributed by atoms with Crippen molar-refractivity contribution < 1.29 is 4.79 Å². The van der Waals surface area contributed by atoms with Crippen molar-refractivity contribution >= 4 is 21.8 Å². The van der Waals surface area contributed by atoms with Crippen molar-refractivity contribution in [1.82, 2.24) is 4.90 Å². The van der Waals surface area contributed by atoms with Gasteiger partial charge in [0.25, 0.3) is 0 Å². The molecule has 0 aliphatic heterocycles. The zero-order valence-corrected chi connectivity index (χ0v) is 13.3. The molecule has 2 aliphatic carbocycles. The molecule has 0 aromatic carbocycles. The van der Waals surface area contributed by atoms with Crippen LogP contribution in [0.3, 0.4) is 0 Å². The van der Waals surface area contributed by atoms with Crippen LogP contribution in [0.15, 0.2) is 0 Å². The molecule has 0 bridgehead atoms. The minimum atomic E-state index is -0.0289. The molecule has 0 aromatic rings. The number of rotatable bonds is 3. The molecular weight excluding hydrogens is 290 g/mol. The summed E-state index contributed by atoms with van der Waals surface area (Å²) in [5.74, 6) is 0.416. The first kappa shape index (κ1) is 14.4. The molecule has 0 aromatic heterocycles. The van der Waals surface area contributed by atoms with Gasteiger partial charge >= 0.3 is 0 Å². The monoisotopic (exact) mass is 315 g/mol. The van der Waals surface area contributed by atoms with E-state index in [0.717, 1.165) is 25.7 Å². The first-order chi connectivity index (χ1) is 8.60. The quantitative estimate of drug-likeness (QED) is 0.717. The van der Waals surface area contributed by atoms with Crippen molar-refractivity contribution in [2.45, 2.75) is 75.6 Å². The Kier molecular flexibility index (Phi) is 4.74. The molecule has 3 heteroatoms. The lowest BCUT2D eigenvalue weighted by Gasteiger charge is -2.40. The van der Waals surface area contributed by atoms with Crippen LogP contribution in [0.5, 0.6) is 0 Å². The van der Waals surface area contributed by atoms with Crippen molar-refractivity contribution in [2.24, 2.45) is 5.41 Å². The fourth-order valence-electron chi connectivity index (χ4n) is 3.80. The summed E-state index contributed by atoms with van der Waals surface area (Å²) in [6.45, 7) is 2.18. The van der Waals surface area contributed by atoms with E-state index in [1.165, 1.54) is 32.1 Å². The van der Waals surface area contributed by atoms with Crippen molar-refractivity contribution in [3.05, 3.63) is 0 Å². The summed E-state index contributed by atoms with van der Waals surface area (Å²) in [5.41, 5.74) is -0.0289. The number of hydrogen-bond donors (Lipinski definition) is 0. The van der Waals surface area contributed by atoms with E-state index >= 15 is 0 Å². The van der Waals surface area contributed by atoms with Gasteiger partial charge in [-0.1, -0.05) is 48.5 Å². The number of amides is 1. The third-order valence-corrected chi connectivity index (χ3v) is 6.22. The van der Waals surface area contributed by atoms with Gasteiger partial charge in [-0.05, 0) is 32.1 Å². The summed E-state index contributed by atoms with van der Waals surface area (Å²) in [6, 6.07) is 0.412. The second kappa shape index (κ2) is 5.94. The summed E-state index contributed by atoms with van der Waals surface area (Å²) in [6.07, 6.45) is 10.6. The molecule has 2 aliphatic rings. The molecule has 0 spiro atoms. The third kappa shape index (κ3) is 2.61. The maximum atomic E-state index is 12.8. The molecule has 2 unspecified atom stereocenters. The van der Waals surface area contributed by atoms with E-state index in [1.54, 1.807) is 0 Å². The van der Waals surface area contributed by atoms with Crippen molar-refractivity contribution in [3.63, 3.8) is 0 Å². The average Bonchev–Trinajstić information content (AvgIpc) is 2.87. The van der Waals surface area contributed by atoms with E-state index in [1.807, 2.05) is 7.05 Å². The van der Waals surface area contributed by atoms with E-state index in [9.17, 15) is 4.79 Å². The Balaban J connectivity index is 2.07. The van der Waals surface area contributed by atoms with E-state index in [2.05, 4.69) is 27.8 Å². The summed E-state index contributed by atoms with van der Waals surface area (Å²) < 4.78 is 0. The minimum Gasteiger partial charge on any atom is -0.341 e. The minimum absolute atomic E-state index is 0.0289. The van der Waals surface area contributed by atoms with Crippen LogP contribution in [0.4, 0.5) is 0 Å². The summed E-state index contributed by atoms with van der Waals surface area (Å²) >= 11 is 3.78. The fraction of sp³-hybridized carbons (Fsp3) is 0.933. The van der Waals surface area contributed by atoms with Crippen LogP contribution in [0.2, 0.25) is 0 Å². The molecule has 0 saturated heterocycles. The molecule has 2 nitrogen and oxygen atoms in total. The van der Waals surface area contributed by atoms with Crippen LogP contribution < -0.4 is 0 Å². The maximum absolute atomic E-state index is 12.8. The second-order valence-electron chi connectivity index (χ2n) is 6.12. The van der Waals surface area contributed by atoms with Gasteiger partial charge in [-0.2, -0.15) is 0 Å². The van der Waals surface area contributed by atoms with Crippen molar-refractivity contribution in [3.8, 4) is 0 Å². The molecule has 2 rings (SSSR count). The number of hydrogen-bond acceptors (Lipinski definition) is 1. The highest BCUT2D eigenvalue weighted by Crippen LogP contribution is 2.43. The van der Waals surface area contributed by atoms with Gasteiger partial charge in [-0.25, -0.2) is 0 Å². The van der Waals surface area contributed by atoms with Gasteiger partial charge in [-0.3, -0.25) is 4.79 Å². The van der Waals surface area contributed by atoms with Gasteiger partial charge in [-0.15, -0.1) is 0 Å². The SMILES string of the molecule is CCC1(C(=O)N(C)C2CCCCC2Br)CCCC1. The zero-order valence-electron chi connectivity index (χ0n) is 11.8. The Labute approximate surface area is 120 Å². The third-order valence-electron chi connectivity index (χ3n) is 5.16. The average molecular weight is 316 g/mol. The van der Waals surface area contributed by atoms with Crippen LogP contribution >= 0.6 is 15.9 Å². The van der Waals surface area contributed by atoms with Crippen LogP contribution in [-0.4, -0.2) is 28.7 Å². The molecule has 2 atom stereocenters. The Morgan fingerprint density at radius 2 is 1.83 bits per heavy atom. The van der Waals surface area contributed by atoms with Gasteiger partial charge in [0.1, 0.15) is 0 Å². The summed E-state index contributed by atoms with van der Waals surface area (Å²) in [4.78, 5) is 15.4. The van der Waals surface area contributed by atoms with Crippen LogP contribution in [0.25, 0.3) is 0 Å². The molecule has 2 fully saturated rings. The van der Waals surface area contributed by atoms with Gasteiger partial charge in [0.15, 0.2) is 0 Å². The van der Waals surface area contributed by atoms with Gasteiger partial charge in [0.2, 0.25) is 5.91 Å². The smallest absolute Gasteiger partial charge is 0.228 e. The molecule has 18 heavy (non-hydrogen) atoms. The van der Waals surface area contributed by atoms with E-state index in [4.69, 9.17) is 0 Å².